The van der Waals surface area contributed by atoms with E-state index in [0.717, 1.165) is 11.3 Å². The molecule has 10 atom stereocenters. The van der Waals surface area contributed by atoms with Crippen LogP contribution >= 0.6 is 0 Å². The van der Waals surface area contributed by atoms with Gasteiger partial charge in [0.25, 0.3) is 5.91 Å². The van der Waals surface area contributed by atoms with Crippen LogP contribution in [0, 0.1) is 23.7 Å². The van der Waals surface area contributed by atoms with E-state index in [-0.39, 0.29) is 54.3 Å². The lowest BCUT2D eigenvalue weighted by Crippen LogP contribution is -2.59. The van der Waals surface area contributed by atoms with Crippen LogP contribution in [0.15, 0.2) is 35.9 Å². The molecule has 0 aliphatic carbocycles. The zero-order valence-electron chi connectivity index (χ0n) is 37.7. The second-order valence-electron chi connectivity index (χ2n) is 17.0. The lowest BCUT2D eigenvalue weighted by atomic mass is 9.83. The van der Waals surface area contributed by atoms with Gasteiger partial charge in [-0.2, -0.15) is 0 Å². The molecule has 6 amide bonds. The molecule has 1 aliphatic rings. The Kier molecular flexibility index (Phi) is 20.2. The van der Waals surface area contributed by atoms with Crippen molar-refractivity contribution in [3.8, 4) is 5.75 Å². The Morgan fingerprint density at radius 3 is 1.95 bits per heavy atom. The highest BCUT2D eigenvalue weighted by atomic mass is 16.5. The minimum absolute atomic E-state index is 0.00307. The summed E-state index contributed by atoms with van der Waals surface area (Å²) in [5, 5.41) is 21.1. The molecule has 1 heterocycles. The highest BCUT2D eigenvalue weighted by molar-refractivity contribution is 5.96. The molecule has 0 aromatic heterocycles. The number of hydrogen-bond donors (Lipinski definition) is 6. The fourth-order valence-corrected chi connectivity index (χ4v) is 6.98. The number of ether oxygens (including phenoxy) is 1. The minimum Gasteiger partial charge on any atom is -0.508 e. The van der Waals surface area contributed by atoms with E-state index in [2.05, 4.69) is 21.3 Å². The normalized spacial score (nSPS) is 28.8. The Morgan fingerprint density at radius 1 is 0.800 bits per heavy atom. The van der Waals surface area contributed by atoms with Gasteiger partial charge >= 0.3 is 5.97 Å². The van der Waals surface area contributed by atoms with Crippen molar-refractivity contribution in [2.45, 2.75) is 144 Å². The molecular formula is C44H71N7O9. The Labute approximate surface area is 356 Å². The van der Waals surface area contributed by atoms with Gasteiger partial charge in [0.05, 0.1) is 6.54 Å². The van der Waals surface area contributed by atoms with Gasteiger partial charge in [0.2, 0.25) is 29.5 Å². The highest BCUT2D eigenvalue weighted by Crippen LogP contribution is 2.22. The van der Waals surface area contributed by atoms with Gasteiger partial charge in [0.15, 0.2) is 6.10 Å². The maximum Gasteiger partial charge on any atom is 0.334 e. The maximum atomic E-state index is 14.2. The molecule has 60 heavy (non-hydrogen) atoms. The van der Waals surface area contributed by atoms with Crippen LogP contribution in [0.2, 0.25) is 0 Å². The van der Waals surface area contributed by atoms with Crippen molar-refractivity contribution in [2.24, 2.45) is 29.4 Å². The number of rotatable bonds is 8. The van der Waals surface area contributed by atoms with Gasteiger partial charge in [-0.15, -0.1) is 0 Å². The topological polar surface area (TPSA) is 230 Å². The van der Waals surface area contributed by atoms with Crippen molar-refractivity contribution in [2.75, 3.05) is 20.6 Å². The third-order valence-corrected chi connectivity index (χ3v) is 11.6. The SMILES string of the molecule is CC[C@H](C)[C@H]1NC(=O)[C@@H](C)NC(=O)[C@H]([C@@H](C)CC)NC(=O)CN(C)C(=O)[C@@H](Cc2ccc(O)cc2)N(C)C(=O)[C@H](C)NC(=O)[C@@H](CC(C)C)OC(=O)/C(C)=C/C[C@H](N)[C@@H]1C. The molecule has 0 saturated carbocycles. The van der Waals surface area contributed by atoms with E-state index in [1.807, 2.05) is 41.5 Å². The molecule has 1 aliphatic heterocycles. The summed E-state index contributed by atoms with van der Waals surface area (Å²) in [6.45, 7) is 17.4. The standard InChI is InChI=1S/C44H71N7O9/c1-13-25(5)37-28(8)33(45)20-15-27(7)44(59)60-35(21-24(3)4)40(55)47-30(10)42(57)51(12)34(22-31-16-18-32(52)19-17-31)43(58)50(11)23-36(53)48-38(26(6)14-2)41(56)46-29(9)39(54)49-37/h15-19,24-26,28-30,33-35,37-38,52H,13-14,20-23,45H2,1-12H3,(H,46,56)(H,47,55)(H,48,53)(H,49,54)/b27-15+/t25-,26-,28-,29+,30-,33-,34+,35+,37+,38-/m0/s1. The van der Waals surface area contributed by atoms with Crippen LogP contribution in [-0.2, 0) is 44.7 Å². The number of benzene rings is 1. The molecule has 16 heteroatoms. The van der Waals surface area contributed by atoms with Gasteiger partial charge in [-0.3, -0.25) is 28.8 Å². The number of nitrogens with two attached hydrogens (primary N) is 1. The van der Waals surface area contributed by atoms with Gasteiger partial charge in [-0.1, -0.05) is 79.5 Å². The summed E-state index contributed by atoms with van der Waals surface area (Å²) in [7, 11) is 2.81. The molecule has 16 nitrogen and oxygen atoms in total. The van der Waals surface area contributed by atoms with Gasteiger partial charge in [0.1, 0.15) is 29.9 Å². The monoisotopic (exact) mass is 842 g/mol. The first-order valence-corrected chi connectivity index (χ1v) is 21.2. The van der Waals surface area contributed by atoms with Crippen LogP contribution in [0.1, 0.15) is 100 Å². The lowest BCUT2D eigenvalue weighted by molar-refractivity contribution is -0.154. The summed E-state index contributed by atoms with van der Waals surface area (Å²) in [4.78, 5) is 98.4. The number of esters is 1. The van der Waals surface area contributed by atoms with Crippen LogP contribution in [0.3, 0.4) is 0 Å². The molecule has 1 aromatic rings. The average Bonchev–Trinajstić information content (AvgIpc) is 3.20. The van der Waals surface area contributed by atoms with E-state index in [4.69, 9.17) is 10.5 Å². The average molecular weight is 842 g/mol. The molecule has 0 unspecified atom stereocenters. The second kappa shape index (κ2) is 23.7. The van der Waals surface area contributed by atoms with Crippen LogP contribution in [0.25, 0.3) is 0 Å². The van der Waals surface area contributed by atoms with E-state index in [0.29, 0.717) is 12.0 Å². The summed E-state index contributed by atoms with van der Waals surface area (Å²) >= 11 is 0. The number of phenolic OH excluding ortho intramolecular Hbond substituents is 1. The number of likely N-dealkylation sites (N-methyl/N-ethyl adjacent to an activating group) is 2. The number of phenols is 1. The number of nitrogens with zero attached hydrogens (tertiary/aromatic N) is 2. The molecule has 0 fully saturated rings. The lowest BCUT2D eigenvalue weighted by Gasteiger charge is -2.34. The van der Waals surface area contributed by atoms with Crippen LogP contribution in [0.5, 0.6) is 5.75 Å². The number of hydrogen-bond acceptors (Lipinski definition) is 10. The smallest absolute Gasteiger partial charge is 0.334 e. The highest BCUT2D eigenvalue weighted by Gasteiger charge is 2.36. The summed E-state index contributed by atoms with van der Waals surface area (Å²) in [5.74, 6) is -4.99. The van der Waals surface area contributed by atoms with E-state index < -0.39 is 90.3 Å². The van der Waals surface area contributed by atoms with Gasteiger partial charge in [-0.25, -0.2) is 4.79 Å². The summed E-state index contributed by atoms with van der Waals surface area (Å²) < 4.78 is 5.71. The number of aromatic hydroxyl groups is 1. The van der Waals surface area contributed by atoms with Crippen LogP contribution < -0.4 is 27.0 Å². The molecule has 0 saturated heterocycles. The zero-order chi connectivity index (χ0) is 45.6. The first-order chi connectivity index (χ1) is 28.0. The Hall–Kier alpha value is -4.99. The number of carbonyl (C=O) groups is 7. The van der Waals surface area contributed by atoms with E-state index in [9.17, 15) is 38.7 Å². The summed E-state index contributed by atoms with van der Waals surface area (Å²) in [5.41, 5.74) is 7.49. The largest absolute Gasteiger partial charge is 0.508 e. The van der Waals surface area contributed by atoms with Crippen molar-refractivity contribution >= 4 is 41.4 Å². The quantitative estimate of drug-likeness (QED) is 0.210. The molecule has 0 bridgehead atoms. The van der Waals surface area contributed by atoms with E-state index >= 15 is 0 Å². The van der Waals surface area contributed by atoms with Gasteiger partial charge in [-0.05, 0) is 75.0 Å². The number of amides is 6. The van der Waals surface area contributed by atoms with Crippen LogP contribution in [-0.4, -0.2) is 119 Å². The van der Waals surface area contributed by atoms with Crippen molar-refractivity contribution in [3.63, 3.8) is 0 Å². The fraction of sp³-hybridized carbons (Fsp3) is 0.659. The predicted octanol–water partition coefficient (Wildman–Crippen LogP) is 2.56. The molecule has 1 aromatic carbocycles. The first kappa shape index (κ1) is 51.2. The molecule has 0 spiro atoms. The molecular weight excluding hydrogens is 771 g/mol. The Balaban J connectivity index is 2.62. The zero-order valence-corrected chi connectivity index (χ0v) is 37.7. The minimum atomic E-state index is -1.24. The molecule has 336 valence electrons. The predicted molar refractivity (Wildman–Crippen MR) is 229 cm³/mol. The fourth-order valence-electron chi connectivity index (χ4n) is 6.98. The van der Waals surface area contributed by atoms with E-state index in [1.165, 1.54) is 38.1 Å². The third-order valence-electron chi connectivity index (χ3n) is 11.6. The number of cyclic esters (lactones) is 1. The van der Waals surface area contributed by atoms with E-state index in [1.54, 1.807) is 39.0 Å². The Bertz CT molecular complexity index is 1680. The Morgan fingerprint density at radius 2 is 1.38 bits per heavy atom. The summed E-state index contributed by atoms with van der Waals surface area (Å²) in [6, 6.07) is 0.848. The van der Waals surface area contributed by atoms with Gasteiger partial charge < -0.3 is 46.6 Å². The molecule has 0 radical (unpaired) electrons. The number of nitrogens with one attached hydrogen (secondary N) is 4. The van der Waals surface area contributed by atoms with Gasteiger partial charge in [0, 0.05) is 38.2 Å². The second-order valence-corrected chi connectivity index (χ2v) is 17.0. The number of carbonyl (C=O) groups excluding carboxylic acids is 7. The molecule has 2 rings (SSSR count). The van der Waals surface area contributed by atoms with Crippen molar-refractivity contribution in [1.29, 1.82) is 0 Å². The van der Waals surface area contributed by atoms with Crippen molar-refractivity contribution < 1.29 is 43.4 Å². The first-order valence-electron chi connectivity index (χ1n) is 21.2. The van der Waals surface area contributed by atoms with Crippen molar-refractivity contribution in [3.05, 3.63) is 41.5 Å². The van der Waals surface area contributed by atoms with Crippen LogP contribution in [0.4, 0.5) is 0 Å². The third kappa shape index (κ3) is 14.9. The maximum absolute atomic E-state index is 14.2. The summed E-state index contributed by atoms with van der Waals surface area (Å²) in [6.07, 6.45) is 2.05. The van der Waals surface area contributed by atoms with Crippen molar-refractivity contribution in [1.82, 2.24) is 31.1 Å². The molecule has 7 N–H and O–H groups in total.